The topological polar surface area (TPSA) is 45.8 Å². The molecule has 3 rings (SSSR count). The number of nitrogens with zero attached hydrogens (tertiary/aromatic N) is 1. The van der Waals surface area contributed by atoms with Crippen molar-refractivity contribution in [2.45, 2.75) is 26.7 Å². The molecule has 1 aromatic heterocycles. The van der Waals surface area contributed by atoms with Gasteiger partial charge in [0.2, 0.25) is 0 Å². The zero-order valence-electron chi connectivity index (χ0n) is 13.1. The van der Waals surface area contributed by atoms with Crippen LogP contribution in [0, 0.1) is 6.92 Å². The normalized spacial score (nSPS) is 11.4. The third-order valence-electron chi connectivity index (χ3n) is 3.84. The summed E-state index contributed by atoms with van der Waals surface area (Å²) < 4.78 is 0. The Kier molecular flexibility index (Phi) is 4.17. The standard InChI is InChI=1S/C18H16Cl2N2O/c1-9(2)12-8-17-15(18(23)22-10(3)21-17)7-13(12)14-6-11(19)4-5-16(14)20/h4-9H,1-3H3,(H,21,22,23). The van der Waals surface area contributed by atoms with Crippen LogP contribution in [0.5, 0.6) is 0 Å². The Hall–Kier alpha value is -1.84. The second-order valence-electron chi connectivity index (χ2n) is 5.89. The van der Waals surface area contributed by atoms with Gasteiger partial charge in [-0.2, -0.15) is 0 Å². The van der Waals surface area contributed by atoms with Gasteiger partial charge in [-0.05, 0) is 54.3 Å². The molecule has 118 valence electrons. The summed E-state index contributed by atoms with van der Waals surface area (Å²) >= 11 is 12.5. The highest BCUT2D eigenvalue weighted by molar-refractivity contribution is 6.35. The highest BCUT2D eigenvalue weighted by Gasteiger charge is 2.15. The maximum Gasteiger partial charge on any atom is 0.258 e. The molecule has 0 spiro atoms. The molecule has 0 saturated heterocycles. The molecular formula is C18H16Cl2N2O. The van der Waals surface area contributed by atoms with Crippen LogP contribution in [0.25, 0.3) is 22.0 Å². The highest BCUT2D eigenvalue weighted by Crippen LogP contribution is 2.37. The number of halogens is 2. The molecule has 1 heterocycles. The van der Waals surface area contributed by atoms with E-state index < -0.39 is 0 Å². The summed E-state index contributed by atoms with van der Waals surface area (Å²) in [6.07, 6.45) is 0. The van der Waals surface area contributed by atoms with E-state index in [0.29, 0.717) is 26.8 Å². The predicted molar refractivity (Wildman–Crippen MR) is 96.6 cm³/mol. The number of aromatic nitrogens is 2. The van der Waals surface area contributed by atoms with Gasteiger partial charge in [-0.1, -0.05) is 37.0 Å². The number of benzene rings is 2. The molecule has 0 saturated carbocycles. The van der Waals surface area contributed by atoms with Gasteiger partial charge >= 0.3 is 0 Å². The molecule has 0 unspecified atom stereocenters. The molecule has 0 fully saturated rings. The van der Waals surface area contributed by atoms with Crippen molar-refractivity contribution >= 4 is 34.1 Å². The number of hydrogen-bond acceptors (Lipinski definition) is 2. The molecule has 0 radical (unpaired) electrons. The Morgan fingerprint density at radius 3 is 2.52 bits per heavy atom. The lowest BCUT2D eigenvalue weighted by Gasteiger charge is -2.16. The van der Waals surface area contributed by atoms with Crippen molar-refractivity contribution in [1.82, 2.24) is 9.97 Å². The molecule has 5 heteroatoms. The monoisotopic (exact) mass is 346 g/mol. The van der Waals surface area contributed by atoms with Gasteiger partial charge in [-0.25, -0.2) is 4.98 Å². The van der Waals surface area contributed by atoms with Gasteiger partial charge in [0.05, 0.1) is 10.9 Å². The quantitative estimate of drug-likeness (QED) is 0.681. The average Bonchev–Trinajstić information content (AvgIpc) is 2.48. The predicted octanol–water partition coefficient (Wildman–Crippen LogP) is 5.33. The highest BCUT2D eigenvalue weighted by atomic mass is 35.5. The lowest BCUT2D eigenvalue weighted by atomic mass is 9.91. The van der Waals surface area contributed by atoms with E-state index in [1.165, 1.54) is 0 Å². The third-order valence-corrected chi connectivity index (χ3v) is 4.40. The van der Waals surface area contributed by atoms with Crippen LogP contribution in [0.15, 0.2) is 35.1 Å². The van der Waals surface area contributed by atoms with Gasteiger partial charge in [0.1, 0.15) is 5.82 Å². The van der Waals surface area contributed by atoms with E-state index in [1.54, 1.807) is 19.1 Å². The fraction of sp³-hybridized carbons (Fsp3) is 0.222. The smallest absolute Gasteiger partial charge is 0.258 e. The van der Waals surface area contributed by atoms with Crippen molar-refractivity contribution in [1.29, 1.82) is 0 Å². The molecule has 1 N–H and O–H groups in total. The molecule has 23 heavy (non-hydrogen) atoms. The SMILES string of the molecule is Cc1nc2cc(C(C)C)c(-c3cc(Cl)ccc3Cl)cc2c(=O)[nH]1. The van der Waals surface area contributed by atoms with Gasteiger partial charge in [-0.3, -0.25) is 4.79 Å². The molecule has 0 atom stereocenters. The lowest BCUT2D eigenvalue weighted by molar-refractivity contribution is 0.869. The van der Waals surface area contributed by atoms with Crippen molar-refractivity contribution in [3.63, 3.8) is 0 Å². The summed E-state index contributed by atoms with van der Waals surface area (Å²) in [5.74, 6) is 0.858. The molecule has 0 aliphatic carbocycles. The van der Waals surface area contributed by atoms with Crippen LogP contribution in [0.4, 0.5) is 0 Å². The minimum Gasteiger partial charge on any atom is -0.310 e. The Morgan fingerprint density at radius 1 is 1.09 bits per heavy atom. The first-order valence-corrected chi connectivity index (χ1v) is 8.12. The van der Waals surface area contributed by atoms with Gasteiger partial charge in [0, 0.05) is 15.6 Å². The number of fused-ring (bicyclic) bond motifs is 1. The van der Waals surface area contributed by atoms with Crippen molar-refractivity contribution in [3.05, 3.63) is 62.1 Å². The summed E-state index contributed by atoms with van der Waals surface area (Å²) in [7, 11) is 0. The summed E-state index contributed by atoms with van der Waals surface area (Å²) in [6, 6.07) is 9.17. The third kappa shape index (κ3) is 2.99. The maximum absolute atomic E-state index is 12.3. The zero-order chi connectivity index (χ0) is 16.7. The first-order chi connectivity index (χ1) is 10.9. The van der Waals surface area contributed by atoms with E-state index in [4.69, 9.17) is 23.2 Å². The van der Waals surface area contributed by atoms with Crippen molar-refractivity contribution in [2.24, 2.45) is 0 Å². The molecule has 0 amide bonds. The van der Waals surface area contributed by atoms with Crippen LogP contribution in [0.3, 0.4) is 0 Å². The Bertz CT molecular complexity index is 961. The first kappa shape index (κ1) is 16.0. The molecule has 3 aromatic rings. The maximum atomic E-state index is 12.3. The molecule has 2 aromatic carbocycles. The number of nitrogens with one attached hydrogen (secondary N) is 1. The second-order valence-corrected chi connectivity index (χ2v) is 6.73. The number of aromatic amines is 1. The number of rotatable bonds is 2. The van der Waals surface area contributed by atoms with Gasteiger partial charge in [-0.15, -0.1) is 0 Å². The van der Waals surface area contributed by atoms with Crippen LogP contribution in [0.1, 0.15) is 31.2 Å². The Labute approximate surface area is 144 Å². The zero-order valence-corrected chi connectivity index (χ0v) is 14.6. The molecule has 0 aliphatic heterocycles. The van der Waals surface area contributed by atoms with Crippen LogP contribution in [-0.4, -0.2) is 9.97 Å². The Morgan fingerprint density at radius 2 is 1.83 bits per heavy atom. The largest absolute Gasteiger partial charge is 0.310 e. The summed E-state index contributed by atoms with van der Waals surface area (Å²) in [6.45, 7) is 5.98. The summed E-state index contributed by atoms with van der Waals surface area (Å²) in [5.41, 5.74) is 3.36. The van der Waals surface area contributed by atoms with E-state index in [1.807, 2.05) is 18.2 Å². The number of hydrogen-bond donors (Lipinski definition) is 1. The van der Waals surface area contributed by atoms with E-state index in [0.717, 1.165) is 16.7 Å². The van der Waals surface area contributed by atoms with Gasteiger partial charge < -0.3 is 4.98 Å². The lowest BCUT2D eigenvalue weighted by Crippen LogP contribution is -2.10. The molecule has 0 bridgehead atoms. The van der Waals surface area contributed by atoms with E-state index >= 15 is 0 Å². The molecule has 3 nitrogen and oxygen atoms in total. The fourth-order valence-electron chi connectivity index (χ4n) is 2.73. The summed E-state index contributed by atoms with van der Waals surface area (Å²) in [5, 5.41) is 1.76. The van der Waals surface area contributed by atoms with E-state index in [-0.39, 0.29) is 11.5 Å². The van der Waals surface area contributed by atoms with E-state index in [2.05, 4.69) is 23.8 Å². The van der Waals surface area contributed by atoms with Crippen molar-refractivity contribution < 1.29 is 0 Å². The van der Waals surface area contributed by atoms with Gasteiger partial charge in [0.25, 0.3) is 5.56 Å². The van der Waals surface area contributed by atoms with Crippen molar-refractivity contribution in [3.8, 4) is 11.1 Å². The van der Waals surface area contributed by atoms with E-state index in [9.17, 15) is 4.79 Å². The Balaban J connectivity index is 2.41. The van der Waals surface area contributed by atoms with Crippen LogP contribution >= 0.6 is 23.2 Å². The fourth-order valence-corrected chi connectivity index (χ4v) is 3.13. The van der Waals surface area contributed by atoms with Gasteiger partial charge in [0.15, 0.2) is 0 Å². The van der Waals surface area contributed by atoms with Crippen LogP contribution in [-0.2, 0) is 0 Å². The number of H-pyrrole nitrogens is 1. The van der Waals surface area contributed by atoms with Crippen LogP contribution in [0.2, 0.25) is 10.0 Å². The molecule has 0 aliphatic rings. The first-order valence-electron chi connectivity index (χ1n) is 7.37. The average molecular weight is 347 g/mol. The second kappa shape index (κ2) is 5.99. The minimum absolute atomic E-state index is 0.151. The van der Waals surface area contributed by atoms with Crippen molar-refractivity contribution in [2.75, 3.05) is 0 Å². The number of aryl methyl sites for hydroxylation is 1. The van der Waals surface area contributed by atoms with Crippen LogP contribution < -0.4 is 5.56 Å². The minimum atomic E-state index is -0.151. The molecular weight excluding hydrogens is 331 g/mol. The summed E-state index contributed by atoms with van der Waals surface area (Å²) in [4.78, 5) is 19.4.